The van der Waals surface area contributed by atoms with Crippen LogP contribution in [-0.2, 0) is 13.1 Å². The van der Waals surface area contributed by atoms with Crippen LogP contribution in [0.2, 0.25) is 0 Å². The van der Waals surface area contributed by atoms with Crippen LogP contribution < -0.4 is 15.4 Å². The predicted octanol–water partition coefficient (Wildman–Crippen LogP) is 6.84. The number of alkyl halides is 3. The van der Waals surface area contributed by atoms with Crippen LogP contribution in [0.15, 0.2) is 85.1 Å². The summed E-state index contributed by atoms with van der Waals surface area (Å²) in [5, 5.41) is 8.72. The Balaban J connectivity index is 1.32. The molecule has 0 spiro atoms. The predicted molar refractivity (Wildman–Crippen MR) is 128 cm³/mol. The van der Waals surface area contributed by atoms with Crippen LogP contribution in [0, 0.1) is 0 Å². The quantitative estimate of drug-likeness (QED) is 0.248. The van der Waals surface area contributed by atoms with Crippen LogP contribution in [-0.4, -0.2) is 16.3 Å². The van der Waals surface area contributed by atoms with Crippen LogP contribution in [0.25, 0.3) is 21.8 Å². The SMILES string of the molecule is FC(F)(F)Oc1ccccc1CNc1ccc2c(NCc3cccc4[nH]ccc34)cccc2n1. The highest BCUT2D eigenvalue weighted by Gasteiger charge is 2.31. The van der Waals surface area contributed by atoms with E-state index in [0.717, 1.165) is 22.1 Å². The number of anilines is 2. The van der Waals surface area contributed by atoms with E-state index in [2.05, 4.69) is 37.5 Å². The Hall–Kier alpha value is -4.20. The van der Waals surface area contributed by atoms with Crippen molar-refractivity contribution in [2.45, 2.75) is 19.5 Å². The zero-order valence-electron chi connectivity index (χ0n) is 18.0. The number of hydrogen-bond acceptors (Lipinski definition) is 4. The van der Waals surface area contributed by atoms with Crippen molar-refractivity contribution in [3.63, 3.8) is 0 Å². The third-order valence-corrected chi connectivity index (χ3v) is 5.54. The lowest BCUT2D eigenvalue weighted by Crippen LogP contribution is -2.18. The molecule has 0 aliphatic carbocycles. The molecule has 5 rings (SSSR count). The van der Waals surface area contributed by atoms with E-state index < -0.39 is 6.36 Å². The van der Waals surface area contributed by atoms with Crippen molar-refractivity contribution < 1.29 is 17.9 Å². The van der Waals surface area contributed by atoms with Crippen molar-refractivity contribution in [1.82, 2.24) is 9.97 Å². The van der Waals surface area contributed by atoms with E-state index in [1.54, 1.807) is 12.1 Å². The highest BCUT2D eigenvalue weighted by Crippen LogP contribution is 2.28. The highest BCUT2D eigenvalue weighted by atomic mass is 19.4. The molecule has 5 nitrogen and oxygen atoms in total. The van der Waals surface area contributed by atoms with Gasteiger partial charge in [-0.15, -0.1) is 13.2 Å². The van der Waals surface area contributed by atoms with Crippen molar-refractivity contribution in [2.24, 2.45) is 0 Å². The normalized spacial score (nSPS) is 11.6. The average molecular weight is 462 g/mol. The van der Waals surface area contributed by atoms with Gasteiger partial charge < -0.3 is 20.4 Å². The summed E-state index contributed by atoms with van der Waals surface area (Å²) in [6.07, 6.45) is -2.81. The fraction of sp³-hybridized carbons (Fsp3) is 0.115. The summed E-state index contributed by atoms with van der Waals surface area (Å²) in [6, 6.07) is 23.9. The van der Waals surface area contributed by atoms with Crippen molar-refractivity contribution in [3.05, 3.63) is 96.2 Å². The number of ether oxygens (including phenoxy) is 1. The number of nitrogens with one attached hydrogen (secondary N) is 3. The van der Waals surface area contributed by atoms with E-state index in [0.29, 0.717) is 17.9 Å². The zero-order chi connectivity index (χ0) is 23.5. The molecule has 0 bridgehead atoms. The fourth-order valence-electron chi connectivity index (χ4n) is 3.96. The van der Waals surface area contributed by atoms with E-state index in [1.165, 1.54) is 23.1 Å². The van der Waals surface area contributed by atoms with Crippen LogP contribution >= 0.6 is 0 Å². The van der Waals surface area contributed by atoms with Crippen LogP contribution in [0.4, 0.5) is 24.7 Å². The Labute approximate surface area is 193 Å². The van der Waals surface area contributed by atoms with Crippen molar-refractivity contribution in [3.8, 4) is 5.75 Å². The topological polar surface area (TPSA) is 62.0 Å². The fourth-order valence-corrected chi connectivity index (χ4v) is 3.96. The van der Waals surface area contributed by atoms with Crippen LogP contribution in [0.1, 0.15) is 11.1 Å². The molecule has 3 N–H and O–H groups in total. The molecule has 172 valence electrons. The van der Waals surface area contributed by atoms with Gasteiger partial charge in [-0.25, -0.2) is 4.98 Å². The van der Waals surface area contributed by atoms with Gasteiger partial charge in [0, 0.05) is 46.8 Å². The van der Waals surface area contributed by atoms with Crippen molar-refractivity contribution >= 4 is 33.3 Å². The lowest BCUT2D eigenvalue weighted by Gasteiger charge is -2.14. The van der Waals surface area contributed by atoms with E-state index >= 15 is 0 Å². The highest BCUT2D eigenvalue weighted by molar-refractivity contribution is 5.92. The first-order chi connectivity index (χ1) is 16.5. The molecular weight excluding hydrogens is 441 g/mol. The number of pyridine rings is 1. The third kappa shape index (κ3) is 4.76. The van der Waals surface area contributed by atoms with E-state index in [-0.39, 0.29) is 12.3 Å². The Kier molecular flexibility index (Phi) is 5.71. The summed E-state index contributed by atoms with van der Waals surface area (Å²) in [5.41, 5.74) is 4.39. The zero-order valence-corrected chi connectivity index (χ0v) is 18.0. The number of para-hydroxylation sites is 1. The molecule has 0 radical (unpaired) electrons. The van der Waals surface area contributed by atoms with E-state index in [9.17, 15) is 13.2 Å². The molecule has 2 heterocycles. The number of halogens is 3. The number of rotatable bonds is 7. The maximum atomic E-state index is 12.7. The molecule has 0 fully saturated rings. The number of nitrogens with zero attached hydrogens (tertiary/aromatic N) is 1. The number of H-pyrrole nitrogens is 1. The summed E-state index contributed by atoms with van der Waals surface area (Å²) < 4.78 is 42.1. The van der Waals surface area contributed by atoms with Crippen molar-refractivity contribution in [1.29, 1.82) is 0 Å². The van der Waals surface area contributed by atoms with Gasteiger partial charge in [0.05, 0.1) is 5.52 Å². The summed E-state index contributed by atoms with van der Waals surface area (Å²) in [4.78, 5) is 7.86. The molecule has 0 unspecified atom stereocenters. The van der Waals surface area contributed by atoms with Gasteiger partial charge in [-0.3, -0.25) is 0 Å². The van der Waals surface area contributed by atoms with Gasteiger partial charge in [0.25, 0.3) is 0 Å². The first-order valence-corrected chi connectivity index (χ1v) is 10.7. The number of fused-ring (bicyclic) bond motifs is 2. The number of aromatic amines is 1. The van der Waals surface area contributed by atoms with Crippen LogP contribution in [0.5, 0.6) is 5.75 Å². The van der Waals surface area contributed by atoms with E-state index in [1.807, 2.05) is 48.7 Å². The summed E-state index contributed by atoms with van der Waals surface area (Å²) in [7, 11) is 0. The van der Waals surface area contributed by atoms with Gasteiger partial charge in [0.1, 0.15) is 11.6 Å². The molecule has 0 saturated heterocycles. The summed E-state index contributed by atoms with van der Waals surface area (Å²) in [6.45, 7) is 0.799. The molecule has 8 heteroatoms. The van der Waals surface area contributed by atoms with Gasteiger partial charge in [0.2, 0.25) is 0 Å². The van der Waals surface area contributed by atoms with Gasteiger partial charge in [0.15, 0.2) is 0 Å². The molecular formula is C26H21F3N4O. The second-order valence-electron chi connectivity index (χ2n) is 7.79. The summed E-state index contributed by atoms with van der Waals surface area (Å²) in [5.74, 6) is 0.329. The second-order valence-corrected chi connectivity index (χ2v) is 7.79. The lowest BCUT2D eigenvalue weighted by molar-refractivity contribution is -0.274. The number of aromatic nitrogens is 2. The Morgan fingerprint density at radius 1 is 0.765 bits per heavy atom. The van der Waals surface area contributed by atoms with E-state index in [4.69, 9.17) is 0 Å². The molecule has 0 aliphatic rings. The van der Waals surface area contributed by atoms with Gasteiger partial charge in [-0.05, 0) is 48.0 Å². The first-order valence-electron chi connectivity index (χ1n) is 10.7. The molecule has 5 aromatic rings. The van der Waals surface area contributed by atoms with Gasteiger partial charge in [-0.1, -0.05) is 36.4 Å². The van der Waals surface area contributed by atoms with Gasteiger partial charge >= 0.3 is 6.36 Å². The minimum Gasteiger partial charge on any atom is -0.405 e. The van der Waals surface area contributed by atoms with Gasteiger partial charge in [-0.2, -0.15) is 0 Å². The molecule has 0 saturated carbocycles. The molecule has 34 heavy (non-hydrogen) atoms. The largest absolute Gasteiger partial charge is 0.573 e. The Morgan fingerprint density at radius 3 is 2.44 bits per heavy atom. The average Bonchev–Trinajstić information content (AvgIpc) is 3.30. The molecule has 2 aromatic heterocycles. The number of hydrogen-bond donors (Lipinski definition) is 3. The molecule has 0 aliphatic heterocycles. The molecule has 3 aromatic carbocycles. The first kappa shape index (κ1) is 21.6. The third-order valence-electron chi connectivity index (χ3n) is 5.54. The molecule has 0 atom stereocenters. The standard InChI is InChI=1S/C26H21F3N4O/c27-26(28,29)34-24-10-2-1-5-18(24)16-32-25-12-11-20-22(8-4-9-23(20)33-25)31-15-17-6-3-7-21-19(17)13-14-30-21/h1-14,30-31H,15-16H2,(H,32,33). The second kappa shape index (κ2) is 8.97. The van der Waals surface area contributed by atoms with Crippen molar-refractivity contribution in [2.75, 3.05) is 10.6 Å². The number of benzene rings is 3. The maximum absolute atomic E-state index is 12.7. The minimum atomic E-state index is -4.74. The maximum Gasteiger partial charge on any atom is 0.573 e. The minimum absolute atomic E-state index is 0.142. The smallest absolute Gasteiger partial charge is 0.405 e. The Bertz CT molecular complexity index is 1450. The lowest BCUT2D eigenvalue weighted by atomic mass is 10.1. The molecule has 0 amide bonds. The summed E-state index contributed by atoms with van der Waals surface area (Å²) >= 11 is 0. The van der Waals surface area contributed by atoms with Crippen LogP contribution in [0.3, 0.4) is 0 Å². The monoisotopic (exact) mass is 462 g/mol. The Morgan fingerprint density at radius 2 is 1.56 bits per heavy atom.